The number of ether oxygens (including phenoxy) is 1. The van der Waals surface area contributed by atoms with Crippen LogP contribution < -0.4 is 0 Å². The van der Waals surface area contributed by atoms with Crippen molar-refractivity contribution in [2.24, 2.45) is 0 Å². The minimum Gasteiger partial charge on any atom is -0.377 e. The highest BCUT2D eigenvalue weighted by molar-refractivity contribution is 7.88. The molecule has 1 atom stereocenters. The van der Waals surface area contributed by atoms with E-state index in [1.54, 1.807) is 4.31 Å². The Labute approximate surface area is 121 Å². The van der Waals surface area contributed by atoms with Gasteiger partial charge in [-0.1, -0.05) is 29.8 Å². The zero-order valence-corrected chi connectivity index (χ0v) is 13.0. The van der Waals surface area contributed by atoms with Gasteiger partial charge in [0.2, 0.25) is 10.0 Å². The predicted molar refractivity (Wildman–Crippen MR) is 80.3 cm³/mol. The normalized spacial score (nSPS) is 19.6. The SMILES string of the molecule is Cc1ccc(CCN(C[C@H]2CCCO2)S(C)(=O)=O)cc1. The first-order valence-corrected chi connectivity index (χ1v) is 8.92. The van der Waals surface area contributed by atoms with Crippen molar-refractivity contribution in [3.63, 3.8) is 0 Å². The van der Waals surface area contributed by atoms with E-state index >= 15 is 0 Å². The van der Waals surface area contributed by atoms with E-state index in [1.807, 2.05) is 6.92 Å². The summed E-state index contributed by atoms with van der Waals surface area (Å²) >= 11 is 0. The fourth-order valence-corrected chi connectivity index (χ4v) is 3.28. The van der Waals surface area contributed by atoms with Crippen LogP contribution in [0.15, 0.2) is 24.3 Å². The zero-order chi connectivity index (χ0) is 14.6. The minimum absolute atomic E-state index is 0.0581. The van der Waals surface area contributed by atoms with Crippen LogP contribution in [0.3, 0.4) is 0 Å². The second-order valence-corrected chi connectivity index (χ2v) is 7.47. The van der Waals surface area contributed by atoms with Crippen molar-refractivity contribution in [1.82, 2.24) is 4.31 Å². The van der Waals surface area contributed by atoms with Crippen molar-refractivity contribution in [1.29, 1.82) is 0 Å². The number of benzene rings is 1. The van der Waals surface area contributed by atoms with Crippen LogP contribution >= 0.6 is 0 Å². The molecule has 2 rings (SSSR count). The van der Waals surface area contributed by atoms with E-state index in [9.17, 15) is 8.42 Å². The van der Waals surface area contributed by atoms with Gasteiger partial charge in [0.25, 0.3) is 0 Å². The average Bonchev–Trinajstić information content (AvgIpc) is 2.88. The first-order chi connectivity index (χ1) is 9.45. The van der Waals surface area contributed by atoms with Gasteiger partial charge < -0.3 is 4.74 Å². The van der Waals surface area contributed by atoms with Crippen LogP contribution in [0.4, 0.5) is 0 Å². The largest absolute Gasteiger partial charge is 0.377 e. The fraction of sp³-hybridized carbons (Fsp3) is 0.600. The van der Waals surface area contributed by atoms with E-state index in [0.717, 1.165) is 31.4 Å². The van der Waals surface area contributed by atoms with Crippen LogP contribution in [0.1, 0.15) is 24.0 Å². The third-order valence-corrected chi connectivity index (χ3v) is 4.94. The molecular formula is C15H23NO3S. The van der Waals surface area contributed by atoms with Gasteiger partial charge in [0.15, 0.2) is 0 Å². The molecule has 0 aliphatic carbocycles. The topological polar surface area (TPSA) is 46.6 Å². The molecule has 5 heteroatoms. The number of sulfonamides is 1. The number of aryl methyl sites for hydroxylation is 1. The lowest BCUT2D eigenvalue weighted by molar-refractivity contribution is 0.0941. The minimum atomic E-state index is -3.18. The molecule has 1 fully saturated rings. The molecule has 1 aliphatic rings. The van der Waals surface area contributed by atoms with E-state index in [-0.39, 0.29) is 6.10 Å². The molecule has 1 aromatic rings. The first-order valence-electron chi connectivity index (χ1n) is 7.07. The van der Waals surface area contributed by atoms with Gasteiger partial charge in [-0.3, -0.25) is 0 Å². The Hall–Kier alpha value is -0.910. The summed E-state index contributed by atoms with van der Waals surface area (Å²) in [6.07, 6.45) is 4.05. The van der Waals surface area contributed by atoms with Gasteiger partial charge in [-0.15, -0.1) is 0 Å². The van der Waals surface area contributed by atoms with Crippen LogP contribution in [-0.4, -0.2) is 44.8 Å². The highest BCUT2D eigenvalue weighted by Crippen LogP contribution is 2.15. The molecule has 1 heterocycles. The zero-order valence-electron chi connectivity index (χ0n) is 12.2. The van der Waals surface area contributed by atoms with E-state index in [0.29, 0.717) is 13.1 Å². The average molecular weight is 297 g/mol. The molecule has 0 amide bonds. The van der Waals surface area contributed by atoms with Crippen molar-refractivity contribution in [3.8, 4) is 0 Å². The Kier molecular flexibility index (Phi) is 5.18. The van der Waals surface area contributed by atoms with Gasteiger partial charge in [-0.25, -0.2) is 8.42 Å². The van der Waals surface area contributed by atoms with E-state index in [1.165, 1.54) is 11.8 Å². The summed E-state index contributed by atoms with van der Waals surface area (Å²) in [7, 11) is -3.18. The summed E-state index contributed by atoms with van der Waals surface area (Å²) in [5.41, 5.74) is 2.38. The molecule has 112 valence electrons. The quantitative estimate of drug-likeness (QED) is 0.806. The Balaban J connectivity index is 1.95. The number of nitrogens with zero attached hydrogens (tertiary/aromatic N) is 1. The van der Waals surface area contributed by atoms with Gasteiger partial charge in [0.1, 0.15) is 0 Å². The Bertz CT molecular complexity index is 519. The molecule has 1 saturated heterocycles. The third-order valence-electron chi connectivity index (χ3n) is 3.67. The number of hydrogen-bond donors (Lipinski definition) is 0. The van der Waals surface area contributed by atoms with Gasteiger partial charge in [-0.2, -0.15) is 4.31 Å². The monoisotopic (exact) mass is 297 g/mol. The van der Waals surface area contributed by atoms with Gasteiger partial charge in [-0.05, 0) is 31.7 Å². The molecule has 1 aliphatic heterocycles. The Morgan fingerprint density at radius 1 is 1.30 bits per heavy atom. The maximum Gasteiger partial charge on any atom is 0.211 e. The smallest absolute Gasteiger partial charge is 0.211 e. The van der Waals surface area contributed by atoms with Gasteiger partial charge in [0.05, 0.1) is 12.4 Å². The first kappa shape index (κ1) is 15.5. The van der Waals surface area contributed by atoms with E-state index in [2.05, 4.69) is 24.3 Å². The summed E-state index contributed by atoms with van der Waals surface area (Å²) in [6.45, 7) is 3.79. The fourth-order valence-electron chi connectivity index (χ4n) is 2.42. The molecule has 0 aromatic heterocycles. The maximum absolute atomic E-state index is 11.9. The molecule has 0 bridgehead atoms. The number of rotatable bonds is 6. The predicted octanol–water partition coefficient (Wildman–Crippen LogP) is 1.98. The lowest BCUT2D eigenvalue weighted by Crippen LogP contribution is -2.38. The van der Waals surface area contributed by atoms with Crippen molar-refractivity contribution < 1.29 is 13.2 Å². The van der Waals surface area contributed by atoms with Crippen LogP contribution in [0, 0.1) is 6.92 Å². The second kappa shape index (κ2) is 6.70. The molecule has 0 saturated carbocycles. The van der Waals surface area contributed by atoms with Crippen LogP contribution in [0.5, 0.6) is 0 Å². The van der Waals surface area contributed by atoms with Crippen LogP contribution in [-0.2, 0) is 21.2 Å². The molecular weight excluding hydrogens is 274 g/mol. The molecule has 1 aromatic carbocycles. The number of hydrogen-bond acceptors (Lipinski definition) is 3. The second-order valence-electron chi connectivity index (χ2n) is 5.49. The molecule has 0 radical (unpaired) electrons. The summed E-state index contributed by atoms with van der Waals surface area (Å²) in [6, 6.07) is 8.23. The highest BCUT2D eigenvalue weighted by Gasteiger charge is 2.24. The molecule has 20 heavy (non-hydrogen) atoms. The van der Waals surface area contributed by atoms with Crippen molar-refractivity contribution in [2.75, 3.05) is 26.0 Å². The molecule has 0 unspecified atom stereocenters. The van der Waals surface area contributed by atoms with Crippen molar-refractivity contribution >= 4 is 10.0 Å². The van der Waals surface area contributed by atoms with Crippen LogP contribution in [0.2, 0.25) is 0 Å². The summed E-state index contributed by atoms with van der Waals surface area (Å²) in [4.78, 5) is 0. The van der Waals surface area contributed by atoms with Crippen molar-refractivity contribution in [2.45, 2.75) is 32.3 Å². The molecule has 4 nitrogen and oxygen atoms in total. The van der Waals surface area contributed by atoms with E-state index < -0.39 is 10.0 Å². The van der Waals surface area contributed by atoms with Gasteiger partial charge >= 0.3 is 0 Å². The summed E-state index contributed by atoms with van der Waals surface area (Å²) in [5, 5.41) is 0. The molecule has 0 N–H and O–H groups in total. The van der Waals surface area contributed by atoms with E-state index in [4.69, 9.17) is 4.74 Å². The van der Waals surface area contributed by atoms with Gasteiger partial charge in [0, 0.05) is 19.7 Å². The van der Waals surface area contributed by atoms with Crippen LogP contribution in [0.25, 0.3) is 0 Å². The lowest BCUT2D eigenvalue weighted by atomic mass is 10.1. The summed E-state index contributed by atoms with van der Waals surface area (Å²) < 4.78 is 30.8. The lowest BCUT2D eigenvalue weighted by Gasteiger charge is -2.23. The molecule has 0 spiro atoms. The third kappa shape index (κ3) is 4.58. The summed E-state index contributed by atoms with van der Waals surface area (Å²) in [5.74, 6) is 0. The Morgan fingerprint density at radius 3 is 2.55 bits per heavy atom. The highest BCUT2D eigenvalue weighted by atomic mass is 32.2. The van der Waals surface area contributed by atoms with Crippen molar-refractivity contribution in [3.05, 3.63) is 35.4 Å². The Morgan fingerprint density at radius 2 is 2.00 bits per heavy atom. The standard InChI is InChI=1S/C15H23NO3S/c1-13-5-7-14(8-6-13)9-10-16(20(2,17)18)12-15-4-3-11-19-15/h5-8,15H,3-4,9-12H2,1-2H3/t15-/m1/s1. The maximum atomic E-state index is 11.9.